The van der Waals surface area contributed by atoms with Crippen LogP contribution in [0.15, 0.2) is 76.8 Å². The van der Waals surface area contributed by atoms with Crippen LogP contribution in [0.1, 0.15) is 35.6 Å². The maximum absolute atomic E-state index is 12.8. The maximum Gasteiger partial charge on any atom is 0.262 e. The van der Waals surface area contributed by atoms with E-state index in [0.717, 1.165) is 28.2 Å². The van der Waals surface area contributed by atoms with E-state index in [1.54, 1.807) is 24.3 Å². The minimum atomic E-state index is -0.641. The molecule has 0 spiro atoms. The zero-order valence-electron chi connectivity index (χ0n) is 20.7. The first kappa shape index (κ1) is 26.3. The Morgan fingerprint density at radius 2 is 1.84 bits per heavy atom. The molecule has 7 nitrogen and oxygen atoms in total. The normalized spacial score (nSPS) is 18.8. The Balaban J connectivity index is 1.34. The van der Waals surface area contributed by atoms with Crippen molar-refractivity contribution >= 4 is 63.3 Å². The number of nitrogens with one attached hydrogen (secondary N) is 1. The van der Waals surface area contributed by atoms with Crippen LogP contribution in [0.5, 0.6) is 5.75 Å². The molecule has 0 saturated heterocycles. The van der Waals surface area contributed by atoms with Crippen LogP contribution in [0.3, 0.4) is 0 Å². The van der Waals surface area contributed by atoms with Gasteiger partial charge in [0.05, 0.1) is 18.9 Å². The first-order valence-electron chi connectivity index (χ1n) is 11.9. The Morgan fingerprint density at radius 3 is 2.53 bits per heavy atom. The molecule has 3 aromatic rings. The lowest BCUT2D eigenvalue weighted by atomic mass is 9.98. The van der Waals surface area contributed by atoms with Gasteiger partial charge in [0.2, 0.25) is 5.91 Å². The van der Waals surface area contributed by atoms with E-state index in [-0.39, 0.29) is 24.3 Å². The molecule has 0 aliphatic carbocycles. The van der Waals surface area contributed by atoms with Gasteiger partial charge in [-0.05, 0) is 60.0 Å². The third-order valence-electron chi connectivity index (χ3n) is 6.34. The highest BCUT2D eigenvalue weighted by Crippen LogP contribution is 2.39. The summed E-state index contributed by atoms with van der Waals surface area (Å²) in [5.41, 5.74) is 4.30. The first-order valence-corrected chi connectivity index (χ1v) is 13.6. The number of hydrogen-bond donors (Lipinski definition) is 1. The molecule has 2 atom stereocenters. The topological polar surface area (TPSA) is 83.4 Å². The van der Waals surface area contributed by atoms with Crippen molar-refractivity contribution < 1.29 is 14.3 Å². The highest BCUT2D eigenvalue weighted by atomic mass is 35.5. The van der Waals surface area contributed by atoms with E-state index in [1.807, 2.05) is 61.5 Å². The number of methoxy groups -OCH3 is 1. The Kier molecular flexibility index (Phi) is 7.74. The van der Waals surface area contributed by atoms with Gasteiger partial charge in [0.1, 0.15) is 11.0 Å². The fourth-order valence-electron chi connectivity index (χ4n) is 4.24. The summed E-state index contributed by atoms with van der Waals surface area (Å²) in [5, 5.41) is 10.5. The molecule has 10 heteroatoms. The molecule has 2 aliphatic heterocycles. The van der Waals surface area contributed by atoms with Gasteiger partial charge >= 0.3 is 0 Å². The number of thioether (sulfide) groups is 1. The maximum atomic E-state index is 12.8. The molecule has 2 aliphatic rings. The van der Waals surface area contributed by atoms with Gasteiger partial charge < -0.3 is 10.1 Å². The van der Waals surface area contributed by atoms with Crippen LogP contribution in [0.2, 0.25) is 10.0 Å². The van der Waals surface area contributed by atoms with Crippen LogP contribution >= 0.6 is 35.0 Å². The van der Waals surface area contributed by atoms with E-state index in [2.05, 4.69) is 10.3 Å². The molecule has 38 heavy (non-hydrogen) atoms. The number of benzene rings is 3. The highest BCUT2D eigenvalue weighted by Gasteiger charge is 2.39. The number of aryl methyl sites for hydroxylation is 1. The van der Waals surface area contributed by atoms with E-state index in [0.29, 0.717) is 27.3 Å². The van der Waals surface area contributed by atoms with Gasteiger partial charge in [0, 0.05) is 28.6 Å². The Hall–Kier alpha value is -3.33. The molecular weight excluding hydrogens is 543 g/mol. The number of carbonyl (C=O) groups excluding carboxylic acids is 2. The molecule has 0 aromatic heterocycles. The third-order valence-corrected chi connectivity index (χ3v) is 8.14. The van der Waals surface area contributed by atoms with Gasteiger partial charge in [-0.2, -0.15) is 10.1 Å². The molecule has 0 radical (unpaired) electrons. The fraction of sp³-hybridized carbons (Fsp3) is 0.214. The van der Waals surface area contributed by atoms with Crippen molar-refractivity contribution in [2.75, 3.05) is 12.4 Å². The van der Waals surface area contributed by atoms with Crippen molar-refractivity contribution in [2.45, 2.75) is 31.1 Å². The molecule has 2 heterocycles. The summed E-state index contributed by atoms with van der Waals surface area (Å²) >= 11 is 13.5. The number of anilines is 1. The lowest BCUT2D eigenvalue weighted by Gasteiger charge is -2.23. The second-order valence-corrected chi connectivity index (χ2v) is 11.0. The van der Waals surface area contributed by atoms with Crippen molar-refractivity contribution in [2.24, 2.45) is 10.1 Å². The molecule has 1 N–H and O–H groups in total. The number of hydrazone groups is 1. The third kappa shape index (κ3) is 5.72. The fourth-order valence-corrected chi connectivity index (χ4v) is 5.61. The van der Waals surface area contributed by atoms with Crippen molar-refractivity contribution in [1.29, 1.82) is 0 Å². The van der Waals surface area contributed by atoms with E-state index >= 15 is 0 Å². The molecule has 0 unspecified atom stereocenters. The van der Waals surface area contributed by atoms with Crippen molar-refractivity contribution in [3.63, 3.8) is 0 Å². The number of halogens is 2. The second kappa shape index (κ2) is 11.2. The standard InChI is InChI=1S/C28H24Cl2N4O3S/c1-16-3-10-20(13-22(16)30)31-26(35)15-25-27(36)32-28(38-25)34-24(18-6-11-21(37-2)12-7-18)14-23(33-34)17-4-8-19(29)9-5-17/h3-13,24-25H,14-15H2,1-2H3,(H,31,35)/t24-,25+/m1/s1. The van der Waals surface area contributed by atoms with Gasteiger partial charge in [-0.25, -0.2) is 5.01 Å². The summed E-state index contributed by atoms with van der Waals surface area (Å²) in [6.45, 7) is 1.89. The minimum absolute atomic E-state index is 0.0171. The van der Waals surface area contributed by atoms with E-state index in [1.165, 1.54) is 11.8 Å². The van der Waals surface area contributed by atoms with E-state index < -0.39 is 5.25 Å². The van der Waals surface area contributed by atoms with Crippen LogP contribution in [0.4, 0.5) is 5.69 Å². The summed E-state index contributed by atoms with van der Waals surface area (Å²) < 4.78 is 5.31. The summed E-state index contributed by atoms with van der Waals surface area (Å²) in [6.07, 6.45) is 0.595. The number of aliphatic imine (C=N–C) groups is 1. The second-order valence-electron chi connectivity index (χ2n) is 8.95. The predicted molar refractivity (Wildman–Crippen MR) is 153 cm³/mol. The number of nitrogens with zero attached hydrogens (tertiary/aromatic N) is 3. The quantitative estimate of drug-likeness (QED) is 0.368. The monoisotopic (exact) mass is 566 g/mol. The Bertz CT molecular complexity index is 1440. The van der Waals surface area contributed by atoms with E-state index in [4.69, 9.17) is 33.0 Å². The molecule has 0 bridgehead atoms. The van der Waals surface area contributed by atoms with E-state index in [9.17, 15) is 9.59 Å². The van der Waals surface area contributed by atoms with Crippen LogP contribution in [0, 0.1) is 6.92 Å². The van der Waals surface area contributed by atoms with Crippen LogP contribution in [0.25, 0.3) is 0 Å². The SMILES string of the molecule is COc1ccc([C@H]2CC(c3ccc(Cl)cc3)=NN2C2=NC(=O)[C@H](CC(=O)Nc3ccc(C)c(Cl)c3)S2)cc1. The van der Waals surface area contributed by atoms with Crippen LogP contribution in [-0.2, 0) is 9.59 Å². The Morgan fingerprint density at radius 1 is 1.11 bits per heavy atom. The highest BCUT2D eigenvalue weighted by molar-refractivity contribution is 8.15. The molecule has 2 amide bonds. The average Bonchev–Trinajstić information content (AvgIpc) is 3.50. The smallest absolute Gasteiger partial charge is 0.262 e. The van der Waals surface area contributed by atoms with Gasteiger partial charge in [0.15, 0.2) is 5.17 Å². The number of ether oxygens (including phenoxy) is 1. The largest absolute Gasteiger partial charge is 0.497 e. The van der Waals surface area contributed by atoms with Crippen LogP contribution < -0.4 is 10.1 Å². The van der Waals surface area contributed by atoms with Gasteiger partial charge in [-0.15, -0.1) is 0 Å². The predicted octanol–water partition coefficient (Wildman–Crippen LogP) is 6.49. The number of amidine groups is 1. The molecule has 3 aromatic carbocycles. The molecule has 0 fully saturated rings. The molecular formula is C28H24Cl2N4O3S. The zero-order valence-corrected chi connectivity index (χ0v) is 23.0. The summed E-state index contributed by atoms with van der Waals surface area (Å²) in [5.74, 6) is 0.109. The van der Waals surface area contributed by atoms with Crippen molar-refractivity contribution in [3.05, 3.63) is 93.5 Å². The minimum Gasteiger partial charge on any atom is -0.497 e. The molecule has 5 rings (SSSR count). The van der Waals surface area contributed by atoms with Gasteiger partial charge in [-0.1, -0.05) is 65.3 Å². The number of carbonyl (C=O) groups is 2. The summed E-state index contributed by atoms with van der Waals surface area (Å²) in [4.78, 5) is 29.8. The van der Waals surface area contributed by atoms with Gasteiger partial charge in [-0.3, -0.25) is 9.59 Å². The first-order chi connectivity index (χ1) is 18.3. The molecule has 194 valence electrons. The van der Waals surface area contributed by atoms with Crippen molar-refractivity contribution in [3.8, 4) is 5.75 Å². The van der Waals surface area contributed by atoms with Crippen LogP contribution in [-0.4, -0.2) is 40.1 Å². The van der Waals surface area contributed by atoms with Gasteiger partial charge in [0.25, 0.3) is 5.91 Å². The lowest BCUT2D eigenvalue weighted by molar-refractivity contribution is -0.121. The zero-order chi connectivity index (χ0) is 26.8. The number of amides is 2. The summed E-state index contributed by atoms with van der Waals surface area (Å²) in [7, 11) is 1.62. The Labute approximate surface area is 234 Å². The van der Waals surface area contributed by atoms with Crippen molar-refractivity contribution in [1.82, 2.24) is 5.01 Å². The lowest BCUT2D eigenvalue weighted by Crippen LogP contribution is -2.25. The molecule has 0 saturated carbocycles. The average molecular weight is 567 g/mol. The number of hydrogen-bond acceptors (Lipinski definition) is 6. The number of rotatable bonds is 6. The summed E-state index contributed by atoms with van der Waals surface area (Å²) in [6, 6.07) is 20.4.